The van der Waals surface area contributed by atoms with Crippen LogP contribution in [0.25, 0.3) is 11.3 Å². The van der Waals surface area contributed by atoms with Gasteiger partial charge in [-0.15, -0.1) is 17.9 Å². The van der Waals surface area contributed by atoms with Gasteiger partial charge in [-0.3, -0.25) is 4.79 Å². The van der Waals surface area contributed by atoms with E-state index in [2.05, 4.69) is 16.5 Å². The third-order valence-corrected chi connectivity index (χ3v) is 5.15. The lowest BCUT2D eigenvalue weighted by Crippen LogP contribution is -2.25. The molecule has 0 saturated heterocycles. The number of amides is 1. The maximum Gasteiger partial charge on any atom is 0.262 e. The van der Waals surface area contributed by atoms with Gasteiger partial charge in [-0.2, -0.15) is 0 Å². The molecule has 27 heavy (non-hydrogen) atoms. The second kappa shape index (κ2) is 7.42. The Morgan fingerprint density at radius 3 is 3.04 bits per heavy atom. The van der Waals surface area contributed by atoms with Crippen LogP contribution in [0.1, 0.15) is 0 Å². The minimum absolute atomic E-state index is 0.0456. The highest BCUT2D eigenvalue weighted by Crippen LogP contribution is 2.33. The first-order valence-corrected chi connectivity index (χ1v) is 9.56. The van der Waals surface area contributed by atoms with Gasteiger partial charge in [0.1, 0.15) is 5.75 Å². The highest BCUT2D eigenvalue weighted by molar-refractivity contribution is 7.07. The molecule has 0 unspecified atom stereocenters. The number of allylic oxidation sites excluding steroid dienone is 1. The summed E-state index contributed by atoms with van der Waals surface area (Å²) in [6.45, 7) is 4.51. The second-order valence-corrected chi connectivity index (χ2v) is 7.22. The molecule has 0 spiro atoms. The lowest BCUT2D eigenvalue weighted by atomic mass is 10.1. The van der Waals surface area contributed by atoms with E-state index in [0.717, 1.165) is 21.7 Å². The molecule has 136 valence electrons. The zero-order valence-electron chi connectivity index (χ0n) is 14.3. The maximum absolute atomic E-state index is 11.6. The minimum Gasteiger partial charge on any atom is -0.482 e. The fraction of sp³-hybridized carbons (Fsp3) is 0.100. The molecule has 1 aliphatic heterocycles. The second-order valence-electron chi connectivity index (χ2n) is 5.94. The minimum atomic E-state index is -0.152. The van der Waals surface area contributed by atoms with E-state index >= 15 is 0 Å². The molecule has 5 nitrogen and oxygen atoms in total. The molecule has 1 N–H and O–H groups in total. The molecule has 1 amide bonds. The van der Waals surface area contributed by atoms with Crippen molar-refractivity contribution < 1.29 is 9.53 Å². The summed E-state index contributed by atoms with van der Waals surface area (Å²) < 4.78 is 7.51. The van der Waals surface area contributed by atoms with Crippen LogP contribution in [0.3, 0.4) is 0 Å². The topological polar surface area (TPSA) is 55.6 Å². The van der Waals surface area contributed by atoms with Crippen LogP contribution in [0, 0.1) is 0 Å². The highest BCUT2D eigenvalue weighted by Gasteiger charge is 2.17. The third-order valence-electron chi connectivity index (χ3n) is 4.05. The molecular weight excluding hydrogens is 382 g/mol. The zero-order valence-corrected chi connectivity index (χ0v) is 15.9. The van der Waals surface area contributed by atoms with Crippen molar-refractivity contribution in [1.82, 2.24) is 4.57 Å². The van der Waals surface area contributed by atoms with E-state index in [1.807, 2.05) is 53.9 Å². The Morgan fingerprint density at radius 2 is 2.22 bits per heavy atom. The zero-order chi connectivity index (χ0) is 18.8. The lowest BCUT2D eigenvalue weighted by molar-refractivity contribution is -0.118. The molecular formula is C20H16ClN3O2S. The van der Waals surface area contributed by atoms with E-state index in [0.29, 0.717) is 23.0 Å². The van der Waals surface area contributed by atoms with Gasteiger partial charge >= 0.3 is 0 Å². The number of halogens is 1. The smallest absolute Gasteiger partial charge is 0.262 e. The number of thiazole rings is 1. The van der Waals surface area contributed by atoms with Crippen molar-refractivity contribution >= 4 is 40.2 Å². The van der Waals surface area contributed by atoms with Crippen LogP contribution in [0.2, 0.25) is 5.02 Å². The molecule has 0 atom stereocenters. The molecule has 1 aliphatic rings. The van der Waals surface area contributed by atoms with Crippen molar-refractivity contribution in [3.05, 3.63) is 70.3 Å². The SMILES string of the molecule is C=CCn1c(-c2ccc3c(c2)NC(=O)CO3)csc1=Nc1cccc(Cl)c1. The van der Waals surface area contributed by atoms with Gasteiger partial charge in [-0.25, -0.2) is 4.99 Å². The third kappa shape index (κ3) is 3.67. The number of benzene rings is 2. The highest BCUT2D eigenvalue weighted by atomic mass is 35.5. The first-order valence-electron chi connectivity index (χ1n) is 8.30. The van der Waals surface area contributed by atoms with Crippen LogP contribution >= 0.6 is 22.9 Å². The number of nitrogens with zero attached hydrogens (tertiary/aromatic N) is 2. The number of ether oxygens (including phenoxy) is 1. The number of carbonyl (C=O) groups excluding carboxylic acids is 1. The normalized spacial score (nSPS) is 13.7. The van der Waals surface area contributed by atoms with Crippen molar-refractivity contribution in [3.8, 4) is 17.0 Å². The summed E-state index contributed by atoms with van der Waals surface area (Å²) in [6.07, 6.45) is 1.83. The quantitative estimate of drug-likeness (QED) is 0.653. The number of carbonyl (C=O) groups is 1. The Labute approximate surface area is 165 Å². The average molecular weight is 398 g/mol. The predicted octanol–water partition coefficient (Wildman–Crippen LogP) is 4.62. The van der Waals surface area contributed by atoms with E-state index in [1.165, 1.54) is 11.3 Å². The summed E-state index contributed by atoms with van der Waals surface area (Å²) in [7, 11) is 0. The number of anilines is 1. The first kappa shape index (κ1) is 17.6. The number of rotatable bonds is 4. The first-order chi connectivity index (χ1) is 13.1. The van der Waals surface area contributed by atoms with Crippen LogP contribution in [0.5, 0.6) is 5.75 Å². The fourth-order valence-electron chi connectivity index (χ4n) is 2.85. The fourth-order valence-corrected chi connectivity index (χ4v) is 3.98. The van der Waals surface area contributed by atoms with E-state index in [4.69, 9.17) is 21.3 Å². The van der Waals surface area contributed by atoms with Crippen molar-refractivity contribution in [2.45, 2.75) is 6.54 Å². The number of hydrogen-bond donors (Lipinski definition) is 1. The summed E-state index contributed by atoms with van der Waals surface area (Å²) >= 11 is 7.60. The summed E-state index contributed by atoms with van der Waals surface area (Å²) in [4.78, 5) is 17.2. The average Bonchev–Trinajstić information content (AvgIpc) is 3.04. The molecule has 0 fully saturated rings. The molecule has 2 aromatic carbocycles. The Hall–Kier alpha value is -2.83. The number of nitrogens with one attached hydrogen (secondary N) is 1. The van der Waals surface area contributed by atoms with Crippen LogP contribution in [-0.2, 0) is 11.3 Å². The van der Waals surface area contributed by atoms with Crippen molar-refractivity contribution in [2.24, 2.45) is 4.99 Å². The molecule has 0 saturated carbocycles. The van der Waals surface area contributed by atoms with E-state index in [9.17, 15) is 4.79 Å². The monoisotopic (exact) mass is 397 g/mol. The van der Waals surface area contributed by atoms with Gasteiger partial charge in [0.15, 0.2) is 11.4 Å². The lowest BCUT2D eigenvalue weighted by Gasteiger charge is -2.18. The van der Waals surface area contributed by atoms with E-state index < -0.39 is 0 Å². The van der Waals surface area contributed by atoms with Gasteiger partial charge in [0.05, 0.1) is 17.1 Å². The Morgan fingerprint density at radius 1 is 1.33 bits per heavy atom. The van der Waals surface area contributed by atoms with Crippen LogP contribution in [-0.4, -0.2) is 17.1 Å². The maximum atomic E-state index is 11.6. The molecule has 0 aliphatic carbocycles. The Bertz CT molecular complexity index is 1100. The Balaban J connectivity index is 1.80. The van der Waals surface area contributed by atoms with Crippen molar-refractivity contribution in [2.75, 3.05) is 11.9 Å². The number of fused-ring (bicyclic) bond motifs is 1. The van der Waals surface area contributed by atoms with Gasteiger partial charge in [0, 0.05) is 22.5 Å². The standard InChI is InChI=1S/C20H16ClN3O2S/c1-2-8-24-17(12-27-20(24)22-15-5-3-4-14(21)10-15)13-6-7-18-16(9-13)23-19(25)11-26-18/h2-7,9-10,12H,1,8,11H2,(H,23,25). The number of aromatic nitrogens is 1. The van der Waals surface area contributed by atoms with E-state index in [-0.39, 0.29) is 12.5 Å². The summed E-state index contributed by atoms with van der Waals surface area (Å²) in [6, 6.07) is 13.2. The van der Waals surface area contributed by atoms with Crippen LogP contribution in [0.4, 0.5) is 11.4 Å². The molecule has 0 radical (unpaired) electrons. The predicted molar refractivity (Wildman–Crippen MR) is 109 cm³/mol. The molecule has 3 aromatic rings. The summed E-state index contributed by atoms with van der Waals surface area (Å²) in [5, 5.41) is 5.54. The van der Waals surface area contributed by atoms with Gasteiger partial charge in [-0.05, 0) is 36.4 Å². The summed E-state index contributed by atoms with van der Waals surface area (Å²) in [5.41, 5.74) is 3.42. The van der Waals surface area contributed by atoms with Gasteiger partial charge in [0.25, 0.3) is 5.91 Å². The molecule has 1 aromatic heterocycles. The summed E-state index contributed by atoms with van der Waals surface area (Å²) in [5.74, 6) is 0.522. The molecule has 4 rings (SSSR count). The van der Waals surface area contributed by atoms with E-state index in [1.54, 1.807) is 0 Å². The molecule has 2 heterocycles. The van der Waals surface area contributed by atoms with Crippen LogP contribution in [0.15, 0.2) is 65.5 Å². The van der Waals surface area contributed by atoms with Crippen molar-refractivity contribution in [1.29, 1.82) is 0 Å². The molecule has 0 bridgehead atoms. The molecule has 7 heteroatoms. The number of hydrogen-bond acceptors (Lipinski definition) is 4. The van der Waals surface area contributed by atoms with Gasteiger partial charge in [-0.1, -0.05) is 23.7 Å². The largest absolute Gasteiger partial charge is 0.482 e. The van der Waals surface area contributed by atoms with Gasteiger partial charge < -0.3 is 14.6 Å². The van der Waals surface area contributed by atoms with Crippen molar-refractivity contribution in [3.63, 3.8) is 0 Å². The van der Waals surface area contributed by atoms with Crippen LogP contribution < -0.4 is 14.9 Å². The Kier molecular flexibility index (Phi) is 4.83. The van der Waals surface area contributed by atoms with Gasteiger partial charge in [0.2, 0.25) is 0 Å².